The smallest absolute Gasteiger partial charge is 0.289 e. The molecule has 3 rings (SSSR count). The Morgan fingerprint density at radius 3 is 2.28 bits per heavy atom. The number of carbonyl (C=O) groups is 1. The van der Waals surface area contributed by atoms with Gasteiger partial charge in [0.2, 0.25) is 0 Å². The molecule has 2 aromatic rings. The van der Waals surface area contributed by atoms with E-state index in [0.717, 1.165) is 0 Å². The Hall–Kier alpha value is -2.21. The summed E-state index contributed by atoms with van der Waals surface area (Å²) in [6.45, 7) is 5.07. The predicted octanol–water partition coefficient (Wildman–Crippen LogP) is 3.20. The first-order chi connectivity index (χ1) is 14.9. The van der Waals surface area contributed by atoms with Crippen LogP contribution in [0, 0.1) is 11.6 Å². The minimum atomic E-state index is -0.580. The second-order valence-corrected chi connectivity index (χ2v) is 7.57. The fourth-order valence-electron chi connectivity index (χ4n) is 3.62. The van der Waals surface area contributed by atoms with Crippen molar-refractivity contribution in [3.63, 3.8) is 0 Å². The quantitative estimate of drug-likeness (QED) is 0.334. The molecule has 1 atom stereocenters. The van der Waals surface area contributed by atoms with Crippen molar-refractivity contribution >= 4 is 35.8 Å². The minimum absolute atomic E-state index is 0. The van der Waals surface area contributed by atoms with Gasteiger partial charge in [0.15, 0.2) is 11.7 Å². The highest BCUT2D eigenvalue weighted by Crippen LogP contribution is 2.25. The molecule has 10 heteroatoms. The standard InChI is InChI=1S/C22H29F2N5O2.HI/c1-4-25-22(26-15-18(27(2)3)20-16(23)7-5-8-17(20)24)29-12-10-28(11-13-29)21(30)19-9-6-14-31-19;/h5-9,14,18H,4,10-13,15H2,1-3H3,(H,25,26);1H. The third kappa shape index (κ3) is 6.18. The molecule has 1 aliphatic rings. The Morgan fingerprint density at radius 2 is 1.75 bits per heavy atom. The van der Waals surface area contributed by atoms with Crippen molar-refractivity contribution in [2.75, 3.05) is 53.4 Å². The molecule has 7 nitrogen and oxygen atoms in total. The summed E-state index contributed by atoms with van der Waals surface area (Å²) in [6, 6.07) is 6.69. The highest BCUT2D eigenvalue weighted by atomic mass is 127. The fourth-order valence-corrected chi connectivity index (χ4v) is 3.62. The topological polar surface area (TPSA) is 64.3 Å². The first-order valence-electron chi connectivity index (χ1n) is 10.4. The number of guanidine groups is 1. The van der Waals surface area contributed by atoms with Gasteiger partial charge in [0, 0.05) is 38.3 Å². The van der Waals surface area contributed by atoms with Gasteiger partial charge in [-0.2, -0.15) is 0 Å². The number of carbonyl (C=O) groups excluding carboxylic acids is 1. The molecular formula is C22H30F2IN5O2. The number of halogens is 3. The van der Waals surface area contributed by atoms with Crippen LogP contribution in [0.4, 0.5) is 8.78 Å². The van der Waals surface area contributed by atoms with Crippen molar-refractivity contribution in [3.8, 4) is 0 Å². The Morgan fingerprint density at radius 1 is 1.12 bits per heavy atom. The van der Waals surface area contributed by atoms with E-state index in [4.69, 9.17) is 4.42 Å². The van der Waals surface area contributed by atoms with Crippen LogP contribution in [-0.2, 0) is 0 Å². The zero-order chi connectivity index (χ0) is 22.4. The van der Waals surface area contributed by atoms with Crippen molar-refractivity contribution in [1.29, 1.82) is 0 Å². The van der Waals surface area contributed by atoms with Gasteiger partial charge in [-0.05, 0) is 45.3 Å². The maximum absolute atomic E-state index is 14.3. The largest absolute Gasteiger partial charge is 0.459 e. The molecule has 1 saturated heterocycles. The molecule has 1 fully saturated rings. The lowest BCUT2D eigenvalue weighted by molar-refractivity contribution is 0.0657. The lowest BCUT2D eigenvalue weighted by Crippen LogP contribution is -2.53. The average molecular weight is 561 g/mol. The summed E-state index contributed by atoms with van der Waals surface area (Å²) < 4.78 is 33.9. The zero-order valence-electron chi connectivity index (χ0n) is 18.6. The van der Waals surface area contributed by atoms with Crippen LogP contribution in [0.1, 0.15) is 29.1 Å². The van der Waals surface area contributed by atoms with Gasteiger partial charge in [0.25, 0.3) is 5.91 Å². The molecule has 0 spiro atoms. The highest BCUT2D eigenvalue weighted by Gasteiger charge is 2.26. The number of aliphatic imine (C=N–C) groups is 1. The molecule has 0 aliphatic carbocycles. The number of amides is 1. The molecule has 0 saturated carbocycles. The number of benzene rings is 1. The molecule has 2 heterocycles. The lowest BCUT2D eigenvalue weighted by Gasteiger charge is -2.36. The number of nitrogens with one attached hydrogen (secondary N) is 1. The Balaban J connectivity index is 0.00000363. The van der Waals surface area contributed by atoms with Crippen LogP contribution >= 0.6 is 24.0 Å². The monoisotopic (exact) mass is 561 g/mol. The molecule has 1 N–H and O–H groups in total. The van der Waals surface area contributed by atoms with E-state index in [0.29, 0.717) is 44.4 Å². The Bertz CT molecular complexity index is 879. The number of likely N-dealkylation sites (N-methyl/N-ethyl adjacent to an activating group) is 1. The van der Waals surface area contributed by atoms with E-state index in [1.807, 2.05) is 6.92 Å². The first-order valence-corrected chi connectivity index (χ1v) is 10.4. The molecule has 0 radical (unpaired) electrons. The lowest BCUT2D eigenvalue weighted by atomic mass is 10.0. The van der Waals surface area contributed by atoms with Crippen LogP contribution in [0.3, 0.4) is 0 Å². The van der Waals surface area contributed by atoms with Gasteiger partial charge in [0.1, 0.15) is 11.6 Å². The van der Waals surface area contributed by atoms with Crippen LogP contribution in [0.5, 0.6) is 0 Å². The fraction of sp³-hybridized carbons (Fsp3) is 0.455. The molecule has 1 aromatic carbocycles. The second-order valence-electron chi connectivity index (χ2n) is 7.57. The number of hydrogen-bond acceptors (Lipinski definition) is 4. The summed E-state index contributed by atoms with van der Waals surface area (Å²) in [6.07, 6.45) is 1.49. The summed E-state index contributed by atoms with van der Waals surface area (Å²) in [4.78, 5) is 22.7. The molecule has 1 aromatic heterocycles. The van der Waals surface area contributed by atoms with Crippen LogP contribution in [0.2, 0.25) is 0 Å². The van der Waals surface area contributed by atoms with E-state index in [1.165, 1.54) is 24.5 Å². The normalized spacial score (nSPS) is 15.5. The summed E-state index contributed by atoms with van der Waals surface area (Å²) in [7, 11) is 3.55. The van der Waals surface area contributed by atoms with Crippen molar-refractivity contribution in [2.24, 2.45) is 4.99 Å². The van der Waals surface area contributed by atoms with Gasteiger partial charge in [-0.25, -0.2) is 8.78 Å². The molecule has 32 heavy (non-hydrogen) atoms. The summed E-state index contributed by atoms with van der Waals surface area (Å²) in [5, 5.41) is 3.25. The molecule has 1 aliphatic heterocycles. The molecule has 1 amide bonds. The predicted molar refractivity (Wildman–Crippen MR) is 130 cm³/mol. The van der Waals surface area contributed by atoms with E-state index in [2.05, 4.69) is 15.2 Å². The highest BCUT2D eigenvalue weighted by molar-refractivity contribution is 14.0. The van der Waals surface area contributed by atoms with E-state index in [-0.39, 0.29) is 42.0 Å². The van der Waals surface area contributed by atoms with Crippen LogP contribution in [0.25, 0.3) is 0 Å². The van der Waals surface area contributed by atoms with Gasteiger partial charge in [-0.15, -0.1) is 24.0 Å². The maximum atomic E-state index is 14.3. The van der Waals surface area contributed by atoms with Crippen molar-refractivity contribution in [1.82, 2.24) is 20.0 Å². The third-order valence-electron chi connectivity index (χ3n) is 5.30. The van der Waals surface area contributed by atoms with Crippen molar-refractivity contribution in [2.45, 2.75) is 13.0 Å². The number of piperazine rings is 1. The number of furan rings is 1. The van der Waals surface area contributed by atoms with Gasteiger partial charge < -0.3 is 24.4 Å². The van der Waals surface area contributed by atoms with Crippen LogP contribution < -0.4 is 5.32 Å². The van der Waals surface area contributed by atoms with Gasteiger partial charge in [-0.3, -0.25) is 9.79 Å². The van der Waals surface area contributed by atoms with Gasteiger partial charge in [-0.1, -0.05) is 6.07 Å². The zero-order valence-corrected chi connectivity index (χ0v) is 20.9. The van der Waals surface area contributed by atoms with Crippen molar-refractivity contribution < 1.29 is 18.0 Å². The molecule has 176 valence electrons. The van der Waals surface area contributed by atoms with Gasteiger partial charge >= 0.3 is 0 Å². The van der Waals surface area contributed by atoms with Crippen LogP contribution in [-0.4, -0.2) is 79.9 Å². The average Bonchev–Trinajstić information content (AvgIpc) is 3.29. The minimum Gasteiger partial charge on any atom is -0.459 e. The van der Waals surface area contributed by atoms with E-state index >= 15 is 0 Å². The number of rotatable bonds is 6. The summed E-state index contributed by atoms with van der Waals surface area (Å²) in [5.41, 5.74) is 0.0148. The second kappa shape index (κ2) is 12.1. The van der Waals surface area contributed by atoms with E-state index in [9.17, 15) is 13.6 Å². The molecular weight excluding hydrogens is 531 g/mol. The van der Waals surface area contributed by atoms with E-state index in [1.54, 1.807) is 36.0 Å². The molecule has 0 bridgehead atoms. The van der Waals surface area contributed by atoms with E-state index < -0.39 is 17.7 Å². The number of hydrogen-bond donors (Lipinski definition) is 1. The number of nitrogens with zero attached hydrogens (tertiary/aromatic N) is 4. The Labute approximate surface area is 204 Å². The third-order valence-corrected chi connectivity index (χ3v) is 5.30. The van der Waals surface area contributed by atoms with Crippen LogP contribution in [0.15, 0.2) is 46.0 Å². The Kier molecular flexibility index (Phi) is 9.88. The summed E-state index contributed by atoms with van der Waals surface area (Å²) in [5.74, 6) is -0.298. The molecule has 1 unspecified atom stereocenters. The summed E-state index contributed by atoms with van der Waals surface area (Å²) >= 11 is 0. The van der Waals surface area contributed by atoms with Crippen molar-refractivity contribution in [3.05, 3.63) is 59.6 Å². The first kappa shape index (κ1) is 26.0. The van der Waals surface area contributed by atoms with Gasteiger partial charge in [0.05, 0.1) is 18.8 Å². The SMILES string of the molecule is CCNC(=NCC(c1c(F)cccc1F)N(C)C)N1CCN(C(=O)c2ccco2)CC1.I. The maximum Gasteiger partial charge on any atom is 0.289 e.